The Labute approximate surface area is 145 Å². The molecule has 10 heteroatoms. The second-order valence-electron chi connectivity index (χ2n) is 4.84. The number of benzene rings is 1. The number of carbonyl (C=O) groups excluding carboxylic acids is 1. The summed E-state index contributed by atoms with van der Waals surface area (Å²) >= 11 is 6.73. The molecule has 2 heterocycles. The van der Waals surface area contributed by atoms with Crippen molar-refractivity contribution >= 4 is 54.0 Å². The van der Waals surface area contributed by atoms with E-state index in [-0.39, 0.29) is 15.2 Å². The highest BCUT2D eigenvalue weighted by atomic mass is 35.5. The summed E-state index contributed by atoms with van der Waals surface area (Å²) in [6.07, 6.45) is 1.10. The van der Waals surface area contributed by atoms with E-state index in [1.165, 1.54) is 24.3 Å². The molecule has 1 amide bonds. The van der Waals surface area contributed by atoms with Crippen LogP contribution in [0.2, 0.25) is 5.15 Å². The zero-order chi connectivity index (χ0) is 17.5. The number of hydrogen-bond donors (Lipinski definition) is 1. The number of nitrogens with one attached hydrogen (secondary N) is 1. The number of amides is 1. The Morgan fingerprint density at radius 2 is 2.00 bits per heavy atom. The van der Waals surface area contributed by atoms with Gasteiger partial charge in [0.2, 0.25) is 0 Å². The van der Waals surface area contributed by atoms with Crippen molar-refractivity contribution in [1.82, 2.24) is 9.97 Å². The number of halogens is 2. The topological polar surface area (TPSA) is 89.0 Å². The Kier molecular flexibility index (Phi) is 4.24. The molecular weight excluding hydrogens is 377 g/mol. The van der Waals surface area contributed by atoms with Gasteiger partial charge < -0.3 is 0 Å². The summed E-state index contributed by atoms with van der Waals surface area (Å²) in [6, 6.07) is 6.71. The number of thiazole rings is 1. The molecule has 0 aliphatic rings. The number of fused-ring (bicyclic) bond motifs is 1. The number of rotatable bonds is 3. The maximum absolute atomic E-state index is 13.6. The average molecular weight is 386 g/mol. The number of carbonyl (C=O) groups is 1. The first-order chi connectivity index (χ1) is 11.2. The summed E-state index contributed by atoms with van der Waals surface area (Å²) in [5, 5.41) is 2.62. The first-order valence-electron chi connectivity index (χ1n) is 6.48. The molecule has 0 bridgehead atoms. The Bertz CT molecular complexity index is 1070. The van der Waals surface area contributed by atoms with Gasteiger partial charge in [0.05, 0.1) is 15.1 Å². The van der Waals surface area contributed by atoms with Crippen molar-refractivity contribution in [3.05, 3.63) is 47.0 Å². The molecule has 0 unspecified atom stereocenters. The molecule has 0 radical (unpaired) electrons. The molecule has 0 aliphatic heterocycles. The van der Waals surface area contributed by atoms with E-state index in [9.17, 15) is 17.6 Å². The molecule has 0 aliphatic carbocycles. The Balaban J connectivity index is 1.93. The fourth-order valence-corrected chi connectivity index (χ4v) is 3.69. The highest BCUT2D eigenvalue weighted by molar-refractivity contribution is 7.90. The first kappa shape index (κ1) is 16.7. The summed E-state index contributed by atoms with van der Waals surface area (Å²) in [6.45, 7) is 0. The van der Waals surface area contributed by atoms with Crippen LogP contribution in [0.25, 0.3) is 10.2 Å². The van der Waals surface area contributed by atoms with Crippen molar-refractivity contribution in [3.63, 3.8) is 0 Å². The Morgan fingerprint density at radius 3 is 2.71 bits per heavy atom. The maximum Gasteiger partial charge on any atom is 0.279 e. The predicted octanol–water partition coefficient (Wildman–Crippen LogP) is 3.14. The fourth-order valence-electron chi connectivity index (χ4n) is 1.92. The summed E-state index contributed by atoms with van der Waals surface area (Å²) in [5.74, 6) is -1.60. The fraction of sp³-hybridized carbons (Fsp3) is 0.0714. The lowest BCUT2D eigenvalue weighted by Crippen LogP contribution is -2.15. The highest BCUT2D eigenvalue weighted by Crippen LogP contribution is 2.28. The normalized spacial score (nSPS) is 11.6. The number of anilines is 1. The van der Waals surface area contributed by atoms with E-state index in [1.54, 1.807) is 0 Å². The van der Waals surface area contributed by atoms with E-state index < -0.39 is 27.3 Å². The number of sulfone groups is 1. The van der Waals surface area contributed by atoms with Crippen molar-refractivity contribution in [3.8, 4) is 0 Å². The van der Waals surface area contributed by atoms with Gasteiger partial charge in [-0.3, -0.25) is 10.1 Å². The highest BCUT2D eigenvalue weighted by Gasteiger charge is 2.17. The van der Waals surface area contributed by atoms with Gasteiger partial charge >= 0.3 is 0 Å². The number of nitrogens with zero attached hydrogens (tertiary/aromatic N) is 2. The molecule has 0 atom stereocenters. The molecule has 2 aromatic heterocycles. The zero-order valence-electron chi connectivity index (χ0n) is 12.1. The lowest BCUT2D eigenvalue weighted by atomic mass is 10.3. The molecule has 0 spiro atoms. The van der Waals surface area contributed by atoms with Crippen molar-refractivity contribution in [2.45, 2.75) is 4.90 Å². The third-order valence-electron chi connectivity index (χ3n) is 3.04. The molecule has 0 saturated heterocycles. The van der Waals surface area contributed by atoms with E-state index in [2.05, 4.69) is 15.3 Å². The molecule has 1 N–H and O–H groups in total. The van der Waals surface area contributed by atoms with Crippen LogP contribution >= 0.6 is 22.9 Å². The molecule has 124 valence electrons. The SMILES string of the molecule is CS(=O)(=O)c1ccc2nc(NC(=O)c3nc(Cl)ccc3F)sc2c1. The molecule has 0 saturated carbocycles. The minimum atomic E-state index is -3.34. The summed E-state index contributed by atoms with van der Waals surface area (Å²) in [7, 11) is -3.34. The van der Waals surface area contributed by atoms with E-state index in [4.69, 9.17) is 11.6 Å². The van der Waals surface area contributed by atoms with Crippen molar-refractivity contribution in [2.24, 2.45) is 0 Å². The van der Waals surface area contributed by atoms with Crippen LogP contribution in [0.4, 0.5) is 9.52 Å². The smallest absolute Gasteiger partial charge is 0.279 e. The monoisotopic (exact) mass is 385 g/mol. The predicted molar refractivity (Wildman–Crippen MR) is 89.9 cm³/mol. The van der Waals surface area contributed by atoms with Gasteiger partial charge in [-0.2, -0.15) is 0 Å². The minimum Gasteiger partial charge on any atom is -0.296 e. The van der Waals surface area contributed by atoms with Crippen LogP contribution in [0.3, 0.4) is 0 Å². The van der Waals surface area contributed by atoms with Gasteiger partial charge in [-0.25, -0.2) is 22.8 Å². The van der Waals surface area contributed by atoms with E-state index >= 15 is 0 Å². The third kappa shape index (κ3) is 3.37. The molecule has 6 nitrogen and oxygen atoms in total. The minimum absolute atomic E-state index is 0.0105. The Morgan fingerprint density at radius 1 is 1.25 bits per heavy atom. The van der Waals surface area contributed by atoms with E-state index in [0.29, 0.717) is 10.2 Å². The molecule has 0 fully saturated rings. The van der Waals surface area contributed by atoms with E-state index in [0.717, 1.165) is 23.7 Å². The van der Waals surface area contributed by atoms with Crippen LogP contribution in [0, 0.1) is 5.82 Å². The van der Waals surface area contributed by atoms with Crippen LogP contribution in [0.15, 0.2) is 35.2 Å². The second kappa shape index (κ2) is 6.08. The second-order valence-corrected chi connectivity index (χ2v) is 8.27. The van der Waals surface area contributed by atoms with Crippen molar-refractivity contribution in [1.29, 1.82) is 0 Å². The van der Waals surface area contributed by atoms with Crippen LogP contribution in [0.1, 0.15) is 10.5 Å². The van der Waals surface area contributed by atoms with Gasteiger partial charge in [-0.05, 0) is 30.3 Å². The number of pyridine rings is 1. The molecule has 3 aromatic rings. The van der Waals surface area contributed by atoms with Crippen LogP contribution in [-0.2, 0) is 9.84 Å². The van der Waals surface area contributed by atoms with Gasteiger partial charge in [0.25, 0.3) is 5.91 Å². The van der Waals surface area contributed by atoms with E-state index in [1.807, 2.05) is 0 Å². The van der Waals surface area contributed by atoms with Gasteiger partial charge in [-0.15, -0.1) is 0 Å². The average Bonchev–Trinajstić information content (AvgIpc) is 2.89. The van der Waals surface area contributed by atoms with Gasteiger partial charge in [-0.1, -0.05) is 22.9 Å². The van der Waals surface area contributed by atoms with Crippen molar-refractivity contribution in [2.75, 3.05) is 11.6 Å². The zero-order valence-corrected chi connectivity index (χ0v) is 14.5. The Hall–Kier alpha value is -2.10. The molecular formula is C14H9ClFN3O3S2. The largest absolute Gasteiger partial charge is 0.296 e. The lowest BCUT2D eigenvalue weighted by molar-refractivity contribution is 0.101. The van der Waals surface area contributed by atoms with Crippen LogP contribution in [-0.4, -0.2) is 30.5 Å². The standard InChI is InChI=1S/C14H9ClFN3O3S2/c1-24(21,22)7-2-4-9-10(6-7)23-14(17-9)19-13(20)12-8(16)3-5-11(15)18-12/h2-6H,1H3,(H,17,19,20). The first-order valence-corrected chi connectivity index (χ1v) is 9.57. The molecule has 1 aromatic carbocycles. The van der Waals surface area contributed by atoms with Gasteiger partial charge in [0, 0.05) is 6.26 Å². The van der Waals surface area contributed by atoms with Crippen LogP contribution in [0.5, 0.6) is 0 Å². The maximum atomic E-state index is 13.6. The van der Waals surface area contributed by atoms with Crippen molar-refractivity contribution < 1.29 is 17.6 Å². The lowest BCUT2D eigenvalue weighted by Gasteiger charge is -2.02. The number of hydrogen-bond acceptors (Lipinski definition) is 6. The quantitative estimate of drug-likeness (QED) is 0.699. The molecule has 24 heavy (non-hydrogen) atoms. The number of aromatic nitrogens is 2. The van der Waals surface area contributed by atoms with Gasteiger partial charge in [0.15, 0.2) is 26.5 Å². The summed E-state index contributed by atoms with van der Waals surface area (Å²) < 4.78 is 37.4. The van der Waals surface area contributed by atoms with Gasteiger partial charge in [0.1, 0.15) is 5.15 Å². The molecule has 3 rings (SSSR count). The van der Waals surface area contributed by atoms with Crippen LogP contribution < -0.4 is 5.32 Å². The third-order valence-corrected chi connectivity index (χ3v) is 5.29. The summed E-state index contributed by atoms with van der Waals surface area (Å²) in [5.41, 5.74) is 0.0702. The summed E-state index contributed by atoms with van der Waals surface area (Å²) in [4.78, 5) is 20.0.